The van der Waals surface area contributed by atoms with Crippen molar-refractivity contribution in [2.75, 3.05) is 0 Å². The summed E-state index contributed by atoms with van der Waals surface area (Å²) in [6.07, 6.45) is 0. The molecule has 0 saturated carbocycles. The molecule has 0 amide bonds. The number of carboxylic acid groups (broad SMARTS) is 1. The Kier molecular flexibility index (Phi) is 3.75. The fraction of sp³-hybridized carbons (Fsp3) is 0.143. The summed E-state index contributed by atoms with van der Waals surface area (Å²) in [5, 5.41) is 13.5. The van der Waals surface area contributed by atoms with E-state index in [4.69, 9.17) is 9.63 Å². The standard InChI is InChI=1S/C14H11NO3S2/c16-14(17)12-6-10(18-15-12)7-19-8-11-5-9-3-1-2-4-13(9)20-11/h1-6H,7-8H2,(H,16,17). The van der Waals surface area contributed by atoms with Crippen LogP contribution in [0.5, 0.6) is 0 Å². The van der Waals surface area contributed by atoms with E-state index >= 15 is 0 Å². The van der Waals surface area contributed by atoms with Gasteiger partial charge in [-0.1, -0.05) is 23.4 Å². The van der Waals surface area contributed by atoms with Gasteiger partial charge in [0.15, 0.2) is 5.69 Å². The number of fused-ring (bicyclic) bond motifs is 1. The largest absolute Gasteiger partial charge is 0.476 e. The third-order valence-corrected chi connectivity index (χ3v) is 5.05. The van der Waals surface area contributed by atoms with Crippen molar-refractivity contribution in [3.63, 3.8) is 0 Å². The number of thioether (sulfide) groups is 1. The van der Waals surface area contributed by atoms with E-state index in [1.807, 2.05) is 12.1 Å². The van der Waals surface area contributed by atoms with Crippen LogP contribution in [0, 0.1) is 0 Å². The molecular weight excluding hydrogens is 294 g/mol. The summed E-state index contributed by atoms with van der Waals surface area (Å²) in [7, 11) is 0. The van der Waals surface area contributed by atoms with Gasteiger partial charge in [0, 0.05) is 21.4 Å². The summed E-state index contributed by atoms with van der Waals surface area (Å²) in [5.41, 5.74) is -0.0394. The lowest BCUT2D eigenvalue weighted by atomic mass is 10.2. The molecule has 0 aliphatic heterocycles. The molecule has 1 aromatic carbocycles. The second kappa shape index (κ2) is 5.68. The van der Waals surface area contributed by atoms with E-state index < -0.39 is 5.97 Å². The van der Waals surface area contributed by atoms with E-state index in [9.17, 15) is 4.79 Å². The maximum Gasteiger partial charge on any atom is 0.358 e. The number of rotatable bonds is 5. The third-order valence-electron chi connectivity index (χ3n) is 2.74. The van der Waals surface area contributed by atoms with Crippen molar-refractivity contribution in [2.24, 2.45) is 0 Å². The van der Waals surface area contributed by atoms with Gasteiger partial charge in [-0.25, -0.2) is 4.79 Å². The van der Waals surface area contributed by atoms with Crippen molar-refractivity contribution in [2.45, 2.75) is 11.5 Å². The highest BCUT2D eigenvalue weighted by Crippen LogP contribution is 2.29. The van der Waals surface area contributed by atoms with Gasteiger partial charge in [-0.15, -0.1) is 23.1 Å². The third kappa shape index (κ3) is 2.86. The molecule has 0 atom stereocenters. The van der Waals surface area contributed by atoms with Crippen LogP contribution in [0.15, 0.2) is 40.9 Å². The molecule has 1 N–H and O–H groups in total. The Bertz CT molecular complexity index is 715. The van der Waals surface area contributed by atoms with E-state index in [1.165, 1.54) is 21.0 Å². The number of hydrogen-bond acceptors (Lipinski definition) is 5. The summed E-state index contributed by atoms with van der Waals surface area (Å²) in [5.74, 6) is 1.03. The van der Waals surface area contributed by atoms with Gasteiger partial charge >= 0.3 is 5.97 Å². The Balaban J connectivity index is 1.60. The second-order valence-corrected chi connectivity index (χ2v) is 6.38. The number of benzene rings is 1. The molecule has 0 fully saturated rings. The average Bonchev–Trinajstić information content (AvgIpc) is 3.04. The van der Waals surface area contributed by atoms with E-state index in [0.29, 0.717) is 11.5 Å². The maximum absolute atomic E-state index is 10.7. The number of aromatic carboxylic acids is 1. The minimum Gasteiger partial charge on any atom is -0.476 e. The van der Waals surface area contributed by atoms with Crippen LogP contribution in [0.4, 0.5) is 0 Å². The molecule has 3 aromatic rings. The topological polar surface area (TPSA) is 63.3 Å². The van der Waals surface area contributed by atoms with E-state index in [2.05, 4.69) is 23.4 Å². The van der Waals surface area contributed by atoms with Crippen molar-refractivity contribution in [1.82, 2.24) is 5.16 Å². The average molecular weight is 305 g/mol. The highest BCUT2D eigenvalue weighted by atomic mass is 32.2. The molecule has 0 unspecified atom stereocenters. The molecule has 102 valence electrons. The summed E-state index contributed by atoms with van der Waals surface area (Å²) >= 11 is 3.46. The summed E-state index contributed by atoms with van der Waals surface area (Å²) in [6, 6.07) is 12.0. The Morgan fingerprint density at radius 2 is 2.15 bits per heavy atom. The molecule has 2 heterocycles. The molecule has 4 nitrogen and oxygen atoms in total. The van der Waals surface area contributed by atoms with Crippen molar-refractivity contribution in [1.29, 1.82) is 0 Å². The smallest absolute Gasteiger partial charge is 0.358 e. The van der Waals surface area contributed by atoms with Crippen LogP contribution < -0.4 is 0 Å². The summed E-state index contributed by atoms with van der Waals surface area (Å²) in [6.45, 7) is 0. The second-order valence-electron chi connectivity index (χ2n) is 4.23. The van der Waals surface area contributed by atoms with Crippen molar-refractivity contribution >= 4 is 39.2 Å². The molecular formula is C14H11NO3S2. The van der Waals surface area contributed by atoms with Crippen molar-refractivity contribution < 1.29 is 14.4 Å². The maximum atomic E-state index is 10.7. The number of hydrogen-bond donors (Lipinski definition) is 1. The van der Waals surface area contributed by atoms with Gasteiger partial charge in [0.25, 0.3) is 0 Å². The van der Waals surface area contributed by atoms with E-state index in [-0.39, 0.29) is 5.69 Å². The fourth-order valence-electron chi connectivity index (χ4n) is 1.84. The van der Waals surface area contributed by atoms with Gasteiger partial charge in [-0.3, -0.25) is 0 Å². The van der Waals surface area contributed by atoms with Gasteiger partial charge in [-0.05, 0) is 17.5 Å². The first-order valence-corrected chi connectivity index (χ1v) is 7.93. The molecule has 0 aliphatic rings. The normalized spacial score (nSPS) is 11.0. The lowest BCUT2D eigenvalue weighted by Gasteiger charge is -1.94. The predicted octanol–water partition coefficient (Wildman–Crippen LogP) is 4.02. The first-order valence-electron chi connectivity index (χ1n) is 5.96. The zero-order chi connectivity index (χ0) is 13.9. The quantitative estimate of drug-likeness (QED) is 0.771. The van der Waals surface area contributed by atoms with Gasteiger partial charge in [-0.2, -0.15) is 0 Å². The number of carboxylic acids is 1. The van der Waals surface area contributed by atoms with Crippen molar-refractivity contribution in [3.05, 3.63) is 52.7 Å². The Labute approximate surface area is 123 Å². The predicted molar refractivity (Wildman–Crippen MR) is 80.3 cm³/mol. The van der Waals surface area contributed by atoms with Gasteiger partial charge in [0.05, 0.1) is 5.75 Å². The molecule has 0 radical (unpaired) electrons. The van der Waals surface area contributed by atoms with Crippen molar-refractivity contribution in [3.8, 4) is 0 Å². The molecule has 0 spiro atoms. The first kappa shape index (κ1) is 13.2. The number of aromatic nitrogens is 1. The SMILES string of the molecule is O=C(O)c1cc(CSCc2cc3ccccc3s2)on1. The highest BCUT2D eigenvalue weighted by molar-refractivity contribution is 7.97. The minimum atomic E-state index is -1.06. The number of nitrogens with zero attached hydrogens (tertiary/aromatic N) is 1. The highest BCUT2D eigenvalue weighted by Gasteiger charge is 2.10. The minimum absolute atomic E-state index is 0.0394. The fourth-order valence-corrected chi connectivity index (χ4v) is 3.91. The Morgan fingerprint density at radius 3 is 2.90 bits per heavy atom. The first-order chi connectivity index (χ1) is 9.72. The number of thiophene rings is 1. The summed E-state index contributed by atoms with van der Waals surface area (Å²) < 4.78 is 6.26. The summed E-state index contributed by atoms with van der Waals surface area (Å²) in [4.78, 5) is 12.0. The Hall–Kier alpha value is -1.79. The lowest BCUT2D eigenvalue weighted by Crippen LogP contribution is -1.94. The molecule has 0 bridgehead atoms. The van der Waals surface area contributed by atoms with Crippen LogP contribution in [0.1, 0.15) is 21.1 Å². The van der Waals surface area contributed by atoms with Crippen LogP contribution >= 0.6 is 23.1 Å². The molecule has 2 aromatic heterocycles. The van der Waals surface area contributed by atoms with Gasteiger partial charge in [0.2, 0.25) is 0 Å². The van der Waals surface area contributed by atoms with Crippen LogP contribution in [0.2, 0.25) is 0 Å². The van der Waals surface area contributed by atoms with Crippen LogP contribution in [0.25, 0.3) is 10.1 Å². The molecule has 20 heavy (non-hydrogen) atoms. The molecule has 6 heteroatoms. The lowest BCUT2D eigenvalue weighted by molar-refractivity contribution is 0.0685. The van der Waals surface area contributed by atoms with Gasteiger partial charge < -0.3 is 9.63 Å². The number of carbonyl (C=O) groups is 1. The molecule has 0 aliphatic carbocycles. The van der Waals surface area contributed by atoms with Gasteiger partial charge in [0.1, 0.15) is 5.76 Å². The zero-order valence-corrected chi connectivity index (χ0v) is 12.0. The zero-order valence-electron chi connectivity index (χ0n) is 10.4. The molecule has 3 rings (SSSR count). The monoisotopic (exact) mass is 305 g/mol. The van der Waals surface area contributed by atoms with E-state index in [0.717, 1.165) is 5.75 Å². The van der Waals surface area contributed by atoms with Crippen LogP contribution in [-0.2, 0) is 11.5 Å². The van der Waals surface area contributed by atoms with Crippen LogP contribution in [-0.4, -0.2) is 16.2 Å². The van der Waals surface area contributed by atoms with E-state index in [1.54, 1.807) is 23.1 Å². The van der Waals surface area contributed by atoms with Crippen LogP contribution in [0.3, 0.4) is 0 Å². The molecule has 0 saturated heterocycles. The Morgan fingerprint density at radius 1 is 1.30 bits per heavy atom.